The molecule has 1 aromatic carbocycles. The molecule has 0 amide bonds. The van der Waals surface area contributed by atoms with Crippen LogP contribution in [-0.2, 0) is 9.53 Å². The van der Waals surface area contributed by atoms with Crippen molar-refractivity contribution in [3.63, 3.8) is 0 Å². The number of rotatable bonds is 5. The van der Waals surface area contributed by atoms with E-state index in [9.17, 15) is 9.59 Å². The molecule has 1 aliphatic rings. The van der Waals surface area contributed by atoms with Gasteiger partial charge in [0.1, 0.15) is 5.76 Å². The lowest BCUT2D eigenvalue weighted by Gasteiger charge is -2.25. The van der Waals surface area contributed by atoms with Crippen molar-refractivity contribution in [3.05, 3.63) is 84.9 Å². The van der Waals surface area contributed by atoms with Crippen molar-refractivity contribution in [1.82, 2.24) is 4.57 Å². The zero-order valence-corrected chi connectivity index (χ0v) is 19.3. The van der Waals surface area contributed by atoms with Gasteiger partial charge in [0.2, 0.25) is 0 Å². The van der Waals surface area contributed by atoms with E-state index in [2.05, 4.69) is 4.99 Å². The van der Waals surface area contributed by atoms with Gasteiger partial charge in [-0.25, -0.2) is 9.79 Å². The van der Waals surface area contributed by atoms with Crippen LogP contribution in [-0.4, -0.2) is 22.9 Å². The molecule has 0 fully saturated rings. The highest BCUT2D eigenvalue weighted by atomic mass is 32.2. The number of furan rings is 1. The normalized spacial score (nSPS) is 16.4. The van der Waals surface area contributed by atoms with Gasteiger partial charge in [0.25, 0.3) is 5.56 Å². The van der Waals surface area contributed by atoms with Gasteiger partial charge in [-0.2, -0.15) is 0 Å². The average molecular weight is 455 g/mol. The molecule has 0 saturated heterocycles. The van der Waals surface area contributed by atoms with Crippen molar-refractivity contribution >= 4 is 35.1 Å². The van der Waals surface area contributed by atoms with Crippen LogP contribution >= 0.6 is 23.1 Å². The number of aromatic nitrogens is 1. The van der Waals surface area contributed by atoms with E-state index in [-0.39, 0.29) is 11.7 Å². The first-order valence-electron chi connectivity index (χ1n) is 9.80. The van der Waals surface area contributed by atoms with Crippen LogP contribution in [0.5, 0.6) is 0 Å². The van der Waals surface area contributed by atoms with Crippen molar-refractivity contribution in [2.75, 3.05) is 6.26 Å². The largest absolute Gasteiger partial charge is 0.465 e. The molecule has 1 aliphatic heterocycles. The van der Waals surface area contributed by atoms with Crippen molar-refractivity contribution in [3.8, 4) is 0 Å². The Balaban J connectivity index is 1.94. The van der Waals surface area contributed by atoms with Gasteiger partial charge in [-0.3, -0.25) is 9.36 Å². The predicted octanol–water partition coefficient (Wildman–Crippen LogP) is 3.50. The Bertz CT molecular complexity index is 1310. The first-order chi connectivity index (χ1) is 14.9. The number of carbonyl (C=O) groups excluding carboxylic acids is 1. The SMILES string of the molecule is CSc1ccc(C2C(C(=O)OC(C)C)=C(C)N=c3sc(=Cc4ccco4)c(=O)n32)cc1. The van der Waals surface area contributed by atoms with Gasteiger partial charge in [0.15, 0.2) is 4.80 Å². The molecule has 160 valence electrons. The Kier molecular flexibility index (Phi) is 6.02. The number of allylic oxidation sites excluding steroid dienone is 1. The number of benzene rings is 1. The molecule has 8 heteroatoms. The van der Waals surface area contributed by atoms with Gasteiger partial charge in [0, 0.05) is 11.0 Å². The molecule has 0 radical (unpaired) electrons. The lowest BCUT2D eigenvalue weighted by Crippen LogP contribution is -2.40. The van der Waals surface area contributed by atoms with E-state index < -0.39 is 12.0 Å². The Morgan fingerprint density at radius 3 is 2.65 bits per heavy atom. The van der Waals surface area contributed by atoms with Gasteiger partial charge in [-0.1, -0.05) is 23.5 Å². The molecule has 0 spiro atoms. The van der Waals surface area contributed by atoms with Crippen LogP contribution in [0.25, 0.3) is 6.08 Å². The molecule has 4 rings (SSSR count). The maximum atomic E-state index is 13.4. The highest BCUT2D eigenvalue weighted by Gasteiger charge is 2.33. The summed E-state index contributed by atoms with van der Waals surface area (Å²) in [5.41, 5.74) is 1.54. The summed E-state index contributed by atoms with van der Waals surface area (Å²) < 4.78 is 13.0. The first-order valence-corrected chi connectivity index (χ1v) is 11.8. The quantitative estimate of drug-likeness (QED) is 0.436. The third kappa shape index (κ3) is 4.18. The number of thioether (sulfide) groups is 1. The van der Waals surface area contributed by atoms with Gasteiger partial charge in [-0.05, 0) is 56.9 Å². The molecule has 1 atom stereocenters. The summed E-state index contributed by atoms with van der Waals surface area (Å²) >= 11 is 2.91. The molecule has 6 nitrogen and oxygen atoms in total. The molecule has 0 N–H and O–H groups in total. The van der Waals surface area contributed by atoms with Crippen LogP contribution in [0.3, 0.4) is 0 Å². The van der Waals surface area contributed by atoms with Gasteiger partial charge >= 0.3 is 5.97 Å². The maximum Gasteiger partial charge on any atom is 0.338 e. The van der Waals surface area contributed by atoms with E-state index in [1.807, 2.05) is 30.5 Å². The summed E-state index contributed by atoms with van der Waals surface area (Å²) in [6, 6.07) is 10.8. The van der Waals surface area contributed by atoms with E-state index >= 15 is 0 Å². The van der Waals surface area contributed by atoms with Gasteiger partial charge < -0.3 is 9.15 Å². The maximum absolute atomic E-state index is 13.4. The summed E-state index contributed by atoms with van der Waals surface area (Å²) in [6.07, 6.45) is 4.98. The van der Waals surface area contributed by atoms with E-state index in [4.69, 9.17) is 9.15 Å². The van der Waals surface area contributed by atoms with Gasteiger partial charge in [-0.15, -0.1) is 11.8 Å². The summed E-state index contributed by atoms with van der Waals surface area (Å²) in [5.74, 6) is 0.122. The second-order valence-electron chi connectivity index (χ2n) is 7.32. The topological polar surface area (TPSA) is 73.8 Å². The molecule has 31 heavy (non-hydrogen) atoms. The highest BCUT2D eigenvalue weighted by molar-refractivity contribution is 7.98. The summed E-state index contributed by atoms with van der Waals surface area (Å²) in [7, 11) is 0. The number of fused-ring (bicyclic) bond motifs is 1. The third-order valence-corrected chi connectivity index (χ3v) is 6.56. The van der Waals surface area contributed by atoms with Crippen molar-refractivity contribution in [2.24, 2.45) is 4.99 Å². The summed E-state index contributed by atoms with van der Waals surface area (Å²) in [6.45, 7) is 5.38. The molecule has 0 bridgehead atoms. The van der Waals surface area contributed by atoms with Crippen LogP contribution in [0.4, 0.5) is 0 Å². The van der Waals surface area contributed by atoms with E-state index in [0.29, 0.717) is 26.4 Å². The van der Waals surface area contributed by atoms with Crippen LogP contribution in [0.2, 0.25) is 0 Å². The van der Waals surface area contributed by atoms with Crippen molar-refractivity contribution in [2.45, 2.75) is 37.8 Å². The third-order valence-electron chi connectivity index (χ3n) is 4.83. The number of ether oxygens (including phenoxy) is 1. The molecule has 2 aromatic heterocycles. The van der Waals surface area contributed by atoms with Crippen LogP contribution < -0.4 is 14.9 Å². The molecule has 3 aromatic rings. The van der Waals surface area contributed by atoms with Crippen molar-refractivity contribution < 1.29 is 13.9 Å². The average Bonchev–Trinajstić information content (AvgIpc) is 3.35. The Morgan fingerprint density at radius 2 is 2.03 bits per heavy atom. The van der Waals surface area contributed by atoms with Crippen LogP contribution in [0, 0.1) is 0 Å². The zero-order valence-electron chi connectivity index (χ0n) is 17.6. The van der Waals surface area contributed by atoms with E-state index in [0.717, 1.165) is 10.5 Å². The molecular formula is C23H22N2O4S2. The summed E-state index contributed by atoms with van der Waals surface area (Å²) in [5, 5.41) is 0. The minimum absolute atomic E-state index is 0.221. The Hall–Kier alpha value is -2.84. The minimum atomic E-state index is -0.614. The second kappa shape index (κ2) is 8.72. The Morgan fingerprint density at radius 1 is 1.29 bits per heavy atom. The number of carbonyl (C=O) groups is 1. The number of hydrogen-bond donors (Lipinski definition) is 0. The standard InChI is InChI=1S/C23H22N2O4S2/c1-13(2)29-22(27)19-14(3)24-23-25(20(19)15-7-9-17(30-4)10-8-15)21(26)18(31-23)12-16-6-5-11-28-16/h5-13,20H,1-4H3. The molecule has 0 saturated carbocycles. The number of nitrogens with zero attached hydrogens (tertiary/aromatic N) is 2. The summed E-state index contributed by atoms with van der Waals surface area (Å²) in [4.78, 5) is 32.7. The second-order valence-corrected chi connectivity index (χ2v) is 9.21. The number of hydrogen-bond acceptors (Lipinski definition) is 7. The van der Waals surface area contributed by atoms with Gasteiger partial charge in [0.05, 0.1) is 34.2 Å². The molecule has 0 aliphatic carbocycles. The fourth-order valence-corrected chi connectivity index (χ4v) is 4.90. The molecule has 1 unspecified atom stereocenters. The van der Waals surface area contributed by atoms with Crippen LogP contribution in [0.15, 0.2) is 73.0 Å². The Labute approximate surface area is 187 Å². The van der Waals surface area contributed by atoms with Crippen LogP contribution in [0.1, 0.15) is 38.1 Å². The fraction of sp³-hybridized carbons (Fsp3) is 0.261. The predicted molar refractivity (Wildman–Crippen MR) is 122 cm³/mol. The highest BCUT2D eigenvalue weighted by Crippen LogP contribution is 2.31. The first kappa shape index (κ1) is 21.4. The molecular weight excluding hydrogens is 432 g/mol. The monoisotopic (exact) mass is 454 g/mol. The number of thiazole rings is 1. The van der Waals surface area contributed by atoms with E-state index in [1.54, 1.807) is 61.6 Å². The van der Waals surface area contributed by atoms with Crippen molar-refractivity contribution in [1.29, 1.82) is 0 Å². The lowest BCUT2D eigenvalue weighted by molar-refractivity contribution is -0.143. The zero-order chi connectivity index (χ0) is 22.1. The minimum Gasteiger partial charge on any atom is -0.465 e. The van der Waals surface area contributed by atoms with E-state index in [1.165, 1.54) is 11.3 Å². The smallest absolute Gasteiger partial charge is 0.338 e. The molecule has 3 heterocycles. The number of esters is 1. The fourth-order valence-electron chi connectivity index (χ4n) is 3.46. The lowest BCUT2D eigenvalue weighted by atomic mass is 9.96.